The number of nitrogens with one attached hydrogen (secondary N) is 1. The maximum atomic E-state index is 11.7. The quantitative estimate of drug-likeness (QED) is 0.718. The number of alkyl carbamates (subject to hydrolysis) is 1. The molecule has 1 saturated carbocycles. The lowest BCUT2D eigenvalue weighted by Crippen LogP contribution is -2.38. The molecule has 1 atom stereocenters. The molecule has 1 unspecified atom stereocenters. The van der Waals surface area contributed by atoms with E-state index in [0.29, 0.717) is 6.54 Å². The first-order valence-electron chi connectivity index (χ1n) is 5.34. The maximum absolute atomic E-state index is 11.7. The van der Waals surface area contributed by atoms with Gasteiger partial charge in [0.2, 0.25) is 5.91 Å². The van der Waals surface area contributed by atoms with E-state index in [2.05, 4.69) is 10.1 Å². The highest BCUT2D eigenvalue weighted by Gasteiger charge is 2.36. The van der Waals surface area contributed by atoms with E-state index in [1.54, 1.807) is 0 Å². The van der Waals surface area contributed by atoms with E-state index >= 15 is 0 Å². The fraction of sp³-hybridized carbons (Fsp3) is 0.800. The lowest BCUT2D eigenvalue weighted by Gasteiger charge is -2.16. The third-order valence-corrected chi connectivity index (χ3v) is 2.93. The van der Waals surface area contributed by atoms with Crippen LogP contribution in [0.25, 0.3) is 0 Å². The van der Waals surface area contributed by atoms with Crippen LogP contribution in [-0.2, 0) is 9.53 Å². The van der Waals surface area contributed by atoms with Crippen LogP contribution in [0.1, 0.15) is 19.3 Å². The van der Waals surface area contributed by atoms with Crippen LogP contribution in [0.5, 0.6) is 0 Å². The summed E-state index contributed by atoms with van der Waals surface area (Å²) in [5, 5.41) is 2.72. The molecule has 2 aliphatic rings. The molecule has 0 bridgehead atoms. The predicted molar refractivity (Wildman–Crippen MR) is 53.2 cm³/mol. The van der Waals surface area contributed by atoms with E-state index in [4.69, 9.17) is 0 Å². The largest absolute Gasteiger partial charge is 0.453 e. The summed E-state index contributed by atoms with van der Waals surface area (Å²) in [4.78, 5) is 24.5. The van der Waals surface area contributed by atoms with Crippen LogP contribution >= 0.6 is 0 Å². The number of carbonyl (C=O) groups excluding carboxylic acids is 2. The molecule has 0 radical (unpaired) electrons. The molecule has 0 spiro atoms. The van der Waals surface area contributed by atoms with Gasteiger partial charge in [-0.1, -0.05) is 0 Å². The van der Waals surface area contributed by atoms with Crippen molar-refractivity contribution in [2.24, 2.45) is 5.92 Å². The van der Waals surface area contributed by atoms with Crippen molar-refractivity contribution in [1.29, 1.82) is 0 Å². The normalized spacial score (nSPS) is 25.1. The molecule has 0 aromatic heterocycles. The van der Waals surface area contributed by atoms with Crippen LogP contribution in [0.4, 0.5) is 4.79 Å². The van der Waals surface area contributed by atoms with Crippen molar-refractivity contribution in [3.05, 3.63) is 0 Å². The number of carbonyl (C=O) groups is 2. The van der Waals surface area contributed by atoms with Crippen molar-refractivity contribution in [3.8, 4) is 0 Å². The topological polar surface area (TPSA) is 58.6 Å². The fourth-order valence-electron chi connectivity index (χ4n) is 1.89. The molecule has 2 amide bonds. The van der Waals surface area contributed by atoms with Crippen molar-refractivity contribution < 1.29 is 14.3 Å². The Balaban J connectivity index is 1.78. The number of likely N-dealkylation sites (tertiary alicyclic amines) is 1. The first-order chi connectivity index (χ1) is 7.20. The van der Waals surface area contributed by atoms with Gasteiger partial charge in [-0.25, -0.2) is 4.79 Å². The zero-order chi connectivity index (χ0) is 10.8. The average Bonchev–Trinajstić information content (AvgIpc) is 2.98. The molecular formula is C10H16N2O3. The smallest absolute Gasteiger partial charge is 0.407 e. The van der Waals surface area contributed by atoms with Gasteiger partial charge in [0, 0.05) is 19.0 Å². The zero-order valence-corrected chi connectivity index (χ0v) is 8.86. The Morgan fingerprint density at radius 1 is 1.33 bits per heavy atom. The minimum atomic E-state index is -0.416. The summed E-state index contributed by atoms with van der Waals surface area (Å²) < 4.78 is 4.51. The van der Waals surface area contributed by atoms with Gasteiger partial charge >= 0.3 is 6.09 Å². The minimum absolute atomic E-state index is 0.0557. The molecule has 0 aromatic carbocycles. The van der Waals surface area contributed by atoms with Gasteiger partial charge in [-0.2, -0.15) is 0 Å². The highest BCUT2D eigenvalue weighted by Crippen LogP contribution is 2.32. The SMILES string of the molecule is COC(=O)NC1CCN(C(=O)C2CC2)C1. The Kier molecular flexibility index (Phi) is 2.79. The lowest BCUT2D eigenvalue weighted by atomic mass is 10.3. The van der Waals surface area contributed by atoms with Crippen LogP contribution in [0.15, 0.2) is 0 Å². The number of hydrogen-bond donors (Lipinski definition) is 1. The third kappa shape index (κ3) is 2.40. The van der Waals surface area contributed by atoms with Crippen LogP contribution in [0, 0.1) is 5.92 Å². The van der Waals surface area contributed by atoms with E-state index in [0.717, 1.165) is 25.8 Å². The van der Waals surface area contributed by atoms with Gasteiger partial charge in [0.25, 0.3) is 0 Å². The second-order valence-corrected chi connectivity index (χ2v) is 4.18. The molecule has 1 saturated heterocycles. The van der Waals surface area contributed by atoms with Gasteiger partial charge < -0.3 is 15.0 Å². The highest BCUT2D eigenvalue weighted by molar-refractivity contribution is 5.81. The first kappa shape index (κ1) is 10.3. The van der Waals surface area contributed by atoms with Crippen molar-refractivity contribution in [2.75, 3.05) is 20.2 Å². The van der Waals surface area contributed by atoms with Crippen LogP contribution in [0.3, 0.4) is 0 Å². The van der Waals surface area contributed by atoms with Gasteiger partial charge in [0.15, 0.2) is 0 Å². The summed E-state index contributed by atoms with van der Waals surface area (Å²) in [6, 6.07) is 0.0557. The summed E-state index contributed by atoms with van der Waals surface area (Å²) in [6.45, 7) is 1.38. The highest BCUT2D eigenvalue weighted by atomic mass is 16.5. The van der Waals surface area contributed by atoms with Crippen molar-refractivity contribution >= 4 is 12.0 Å². The Labute approximate surface area is 88.8 Å². The summed E-state index contributed by atoms with van der Waals surface area (Å²) in [5.41, 5.74) is 0. The number of hydrogen-bond acceptors (Lipinski definition) is 3. The van der Waals surface area contributed by atoms with E-state index in [-0.39, 0.29) is 17.9 Å². The average molecular weight is 212 g/mol. The van der Waals surface area contributed by atoms with Crippen molar-refractivity contribution in [2.45, 2.75) is 25.3 Å². The van der Waals surface area contributed by atoms with Crippen molar-refractivity contribution in [1.82, 2.24) is 10.2 Å². The molecule has 0 aromatic rings. The van der Waals surface area contributed by atoms with E-state index in [9.17, 15) is 9.59 Å². The number of ether oxygens (including phenoxy) is 1. The van der Waals surface area contributed by atoms with Gasteiger partial charge in [-0.3, -0.25) is 4.79 Å². The molecule has 2 rings (SSSR count). The number of rotatable bonds is 2. The fourth-order valence-corrected chi connectivity index (χ4v) is 1.89. The molecule has 2 fully saturated rings. The summed E-state index contributed by atoms with van der Waals surface area (Å²) in [7, 11) is 1.34. The minimum Gasteiger partial charge on any atom is -0.453 e. The van der Waals surface area contributed by atoms with Crippen molar-refractivity contribution in [3.63, 3.8) is 0 Å². The number of amides is 2. The maximum Gasteiger partial charge on any atom is 0.407 e. The van der Waals surface area contributed by atoms with Crippen LogP contribution in [-0.4, -0.2) is 43.1 Å². The second-order valence-electron chi connectivity index (χ2n) is 4.18. The van der Waals surface area contributed by atoms with Gasteiger partial charge in [-0.15, -0.1) is 0 Å². The van der Waals surface area contributed by atoms with Crippen LogP contribution < -0.4 is 5.32 Å². The molecule has 5 heteroatoms. The molecule has 1 heterocycles. The molecule has 5 nitrogen and oxygen atoms in total. The Hall–Kier alpha value is -1.26. The Morgan fingerprint density at radius 2 is 2.07 bits per heavy atom. The molecule has 1 N–H and O–H groups in total. The first-order valence-corrected chi connectivity index (χ1v) is 5.34. The molecule has 84 valence electrons. The lowest BCUT2D eigenvalue weighted by molar-refractivity contribution is -0.131. The van der Waals surface area contributed by atoms with Gasteiger partial charge in [-0.05, 0) is 19.3 Å². The Bertz CT molecular complexity index is 276. The molecule has 1 aliphatic carbocycles. The van der Waals surface area contributed by atoms with E-state index in [1.165, 1.54) is 7.11 Å². The van der Waals surface area contributed by atoms with Gasteiger partial charge in [0.05, 0.1) is 13.2 Å². The van der Waals surface area contributed by atoms with Gasteiger partial charge in [0.1, 0.15) is 0 Å². The standard InChI is InChI=1S/C10H16N2O3/c1-15-10(14)11-8-4-5-12(6-8)9(13)7-2-3-7/h7-8H,2-6H2,1H3,(H,11,14). The molecule has 1 aliphatic heterocycles. The predicted octanol–water partition coefficient (Wildman–Crippen LogP) is 0.353. The van der Waals surface area contributed by atoms with E-state index in [1.807, 2.05) is 4.90 Å². The van der Waals surface area contributed by atoms with E-state index < -0.39 is 6.09 Å². The third-order valence-electron chi connectivity index (χ3n) is 2.93. The molecular weight excluding hydrogens is 196 g/mol. The Morgan fingerprint density at radius 3 is 2.67 bits per heavy atom. The van der Waals surface area contributed by atoms with Crippen LogP contribution in [0.2, 0.25) is 0 Å². The number of nitrogens with zero attached hydrogens (tertiary/aromatic N) is 1. The summed E-state index contributed by atoms with van der Waals surface area (Å²) in [6.07, 6.45) is 2.48. The summed E-state index contributed by atoms with van der Waals surface area (Å²) in [5.74, 6) is 0.519. The molecule has 15 heavy (non-hydrogen) atoms. The monoisotopic (exact) mass is 212 g/mol. The zero-order valence-electron chi connectivity index (χ0n) is 8.86. The summed E-state index contributed by atoms with van der Waals surface area (Å²) >= 11 is 0. The number of methoxy groups -OCH3 is 1. The second kappa shape index (κ2) is 4.08.